The number of nitrogens with zero attached hydrogens (tertiary/aromatic N) is 1. The molecule has 0 saturated heterocycles. The molecule has 33 heavy (non-hydrogen) atoms. The normalized spacial score (nSPS) is 10.6. The smallest absolute Gasteiger partial charge is 0.343 e. The van der Waals surface area contributed by atoms with Crippen molar-refractivity contribution >= 4 is 23.3 Å². The van der Waals surface area contributed by atoms with Crippen LogP contribution < -0.4 is 15.4 Å². The number of benzene rings is 3. The third-order valence-corrected chi connectivity index (χ3v) is 5.51. The molecule has 0 bridgehead atoms. The number of unbranched alkanes of at least 4 members (excludes halogenated alkanes) is 5. The molecule has 0 radical (unpaired) electrons. The number of nitrogen functional groups attached to an aromatic ring is 1. The summed E-state index contributed by atoms with van der Waals surface area (Å²) in [6, 6.07) is 22.9. The van der Waals surface area contributed by atoms with Crippen molar-refractivity contribution in [2.24, 2.45) is 0 Å². The van der Waals surface area contributed by atoms with Crippen molar-refractivity contribution in [3.8, 4) is 5.75 Å². The highest BCUT2D eigenvalue weighted by molar-refractivity contribution is 6.06. The van der Waals surface area contributed by atoms with Gasteiger partial charge in [-0.05, 0) is 67.1 Å². The summed E-state index contributed by atoms with van der Waals surface area (Å²) >= 11 is 0. The molecule has 0 unspecified atom stereocenters. The molecule has 5 nitrogen and oxygen atoms in total. The van der Waals surface area contributed by atoms with E-state index in [0.717, 1.165) is 18.5 Å². The fourth-order valence-electron chi connectivity index (χ4n) is 3.61. The van der Waals surface area contributed by atoms with Crippen molar-refractivity contribution in [1.29, 1.82) is 0 Å². The second-order valence-corrected chi connectivity index (χ2v) is 8.10. The zero-order valence-electron chi connectivity index (χ0n) is 19.2. The molecular formula is C28H32N2O3. The van der Waals surface area contributed by atoms with Crippen LogP contribution in [0.2, 0.25) is 0 Å². The van der Waals surface area contributed by atoms with Crippen molar-refractivity contribution in [3.63, 3.8) is 0 Å². The summed E-state index contributed by atoms with van der Waals surface area (Å²) < 4.78 is 5.41. The van der Waals surface area contributed by atoms with Gasteiger partial charge in [0.25, 0.3) is 5.91 Å². The third kappa shape index (κ3) is 7.21. The molecule has 3 rings (SSSR count). The lowest BCUT2D eigenvalue weighted by Crippen LogP contribution is -2.32. The molecule has 5 heteroatoms. The van der Waals surface area contributed by atoms with Crippen molar-refractivity contribution in [2.45, 2.75) is 45.4 Å². The van der Waals surface area contributed by atoms with Crippen molar-refractivity contribution in [1.82, 2.24) is 0 Å². The first kappa shape index (κ1) is 24.1. The van der Waals surface area contributed by atoms with Gasteiger partial charge in [-0.3, -0.25) is 4.79 Å². The second kappa shape index (κ2) is 12.4. The van der Waals surface area contributed by atoms with Gasteiger partial charge in [-0.1, -0.05) is 57.2 Å². The number of para-hydroxylation sites is 1. The fourth-order valence-corrected chi connectivity index (χ4v) is 3.61. The van der Waals surface area contributed by atoms with Crippen LogP contribution in [0.1, 0.15) is 66.2 Å². The van der Waals surface area contributed by atoms with Gasteiger partial charge >= 0.3 is 5.97 Å². The predicted molar refractivity (Wildman–Crippen MR) is 134 cm³/mol. The summed E-state index contributed by atoms with van der Waals surface area (Å²) in [5.41, 5.74) is 8.17. The Kier molecular flexibility index (Phi) is 9.07. The van der Waals surface area contributed by atoms with Gasteiger partial charge in [0, 0.05) is 23.5 Å². The van der Waals surface area contributed by atoms with Gasteiger partial charge in [0.15, 0.2) is 0 Å². The molecule has 0 heterocycles. The van der Waals surface area contributed by atoms with Crippen LogP contribution in [0.25, 0.3) is 0 Å². The number of ether oxygens (including phenoxy) is 1. The van der Waals surface area contributed by atoms with Gasteiger partial charge in [-0.25, -0.2) is 4.79 Å². The summed E-state index contributed by atoms with van der Waals surface area (Å²) in [6.07, 6.45) is 6.84. The van der Waals surface area contributed by atoms with Crippen LogP contribution in [0.5, 0.6) is 5.75 Å². The van der Waals surface area contributed by atoms with Gasteiger partial charge in [0.2, 0.25) is 0 Å². The quantitative estimate of drug-likeness (QED) is 0.159. The van der Waals surface area contributed by atoms with Crippen LogP contribution in [-0.4, -0.2) is 18.4 Å². The van der Waals surface area contributed by atoms with E-state index < -0.39 is 5.97 Å². The maximum atomic E-state index is 13.3. The number of esters is 1. The van der Waals surface area contributed by atoms with Gasteiger partial charge in [0.1, 0.15) is 5.75 Å². The minimum Gasteiger partial charge on any atom is -0.423 e. The van der Waals surface area contributed by atoms with E-state index in [2.05, 4.69) is 6.92 Å². The maximum Gasteiger partial charge on any atom is 0.343 e. The Labute approximate surface area is 196 Å². The lowest BCUT2D eigenvalue weighted by molar-refractivity contribution is 0.0734. The zero-order valence-corrected chi connectivity index (χ0v) is 19.2. The Bertz CT molecular complexity index is 1020. The number of hydrogen-bond acceptors (Lipinski definition) is 4. The van der Waals surface area contributed by atoms with E-state index in [4.69, 9.17) is 10.5 Å². The summed E-state index contributed by atoms with van der Waals surface area (Å²) in [5.74, 6) is -0.0157. The average Bonchev–Trinajstić information content (AvgIpc) is 2.84. The Morgan fingerprint density at radius 3 is 2.03 bits per heavy atom. The van der Waals surface area contributed by atoms with Gasteiger partial charge < -0.3 is 15.4 Å². The van der Waals surface area contributed by atoms with Crippen LogP contribution in [-0.2, 0) is 0 Å². The average molecular weight is 445 g/mol. The molecule has 2 N–H and O–H groups in total. The number of hydrogen-bond donors (Lipinski definition) is 1. The van der Waals surface area contributed by atoms with E-state index in [1.807, 2.05) is 18.2 Å². The number of nitrogens with two attached hydrogens (primary N) is 1. The predicted octanol–water partition coefficient (Wildman–Crippen LogP) is 6.50. The standard InChI is InChI=1S/C28H32N2O3/c1-2-3-4-5-6-10-21-30(27(31)22-13-17-24(29)18-14-22)25-19-15-23(16-20-25)28(32)33-26-11-8-7-9-12-26/h7-9,11-20H,2-6,10,21,29H2,1H3. The molecule has 3 aromatic carbocycles. The second-order valence-electron chi connectivity index (χ2n) is 8.10. The fraction of sp³-hybridized carbons (Fsp3) is 0.286. The van der Waals surface area contributed by atoms with Crippen molar-refractivity contribution < 1.29 is 14.3 Å². The van der Waals surface area contributed by atoms with Gasteiger partial charge in [-0.2, -0.15) is 0 Å². The first-order valence-corrected chi connectivity index (χ1v) is 11.6. The summed E-state index contributed by atoms with van der Waals surface area (Å²) in [4.78, 5) is 27.5. The lowest BCUT2D eigenvalue weighted by Gasteiger charge is -2.23. The molecular weight excluding hydrogens is 412 g/mol. The van der Waals surface area contributed by atoms with E-state index >= 15 is 0 Å². The Morgan fingerprint density at radius 2 is 1.36 bits per heavy atom. The first-order chi connectivity index (χ1) is 16.1. The number of amides is 1. The largest absolute Gasteiger partial charge is 0.423 e. The highest BCUT2D eigenvalue weighted by Crippen LogP contribution is 2.21. The lowest BCUT2D eigenvalue weighted by atomic mass is 10.1. The van der Waals surface area contributed by atoms with E-state index in [9.17, 15) is 9.59 Å². The summed E-state index contributed by atoms with van der Waals surface area (Å²) in [7, 11) is 0. The number of carbonyl (C=O) groups is 2. The molecule has 0 atom stereocenters. The molecule has 0 aliphatic rings. The number of carbonyl (C=O) groups excluding carboxylic acids is 2. The molecule has 0 aliphatic heterocycles. The highest BCUT2D eigenvalue weighted by atomic mass is 16.5. The Morgan fingerprint density at radius 1 is 0.758 bits per heavy atom. The molecule has 0 spiro atoms. The third-order valence-electron chi connectivity index (χ3n) is 5.51. The summed E-state index contributed by atoms with van der Waals surface area (Å²) in [6.45, 7) is 2.81. The number of anilines is 2. The minimum atomic E-state index is -0.430. The number of rotatable bonds is 11. The minimum absolute atomic E-state index is 0.0804. The van der Waals surface area contributed by atoms with E-state index in [-0.39, 0.29) is 5.91 Å². The van der Waals surface area contributed by atoms with E-state index in [1.165, 1.54) is 25.7 Å². The van der Waals surface area contributed by atoms with Crippen LogP contribution in [0, 0.1) is 0 Å². The molecule has 0 saturated carbocycles. The Hall–Kier alpha value is -3.60. The maximum absolute atomic E-state index is 13.3. The zero-order chi connectivity index (χ0) is 23.5. The molecule has 1 amide bonds. The first-order valence-electron chi connectivity index (χ1n) is 11.6. The van der Waals surface area contributed by atoms with Crippen LogP contribution in [0.15, 0.2) is 78.9 Å². The monoisotopic (exact) mass is 444 g/mol. The molecule has 172 valence electrons. The molecule has 0 fully saturated rings. The van der Waals surface area contributed by atoms with E-state index in [0.29, 0.717) is 29.1 Å². The molecule has 0 aromatic heterocycles. The molecule has 0 aliphatic carbocycles. The SMILES string of the molecule is CCCCCCCCN(C(=O)c1ccc(N)cc1)c1ccc(C(=O)Oc2ccccc2)cc1. The molecule has 3 aromatic rings. The van der Waals surface area contributed by atoms with Gasteiger partial charge in [0.05, 0.1) is 5.56 Å². The highest BCUT2D eigenvalue weighted by Gasteiger charge is 2.18. The van der Waals surface area contributed by atoms with Crippen LogP contribution in [0.3, 0.4) is 0 Å². The Balaban J connectivity index is 1.72. The van der Waals surface area contributed by atoms with Crippen molar-refractivity contribution in [2.75, 3.05) is 17.2 Å². The van der Waals surface area contributed by atoms with Crippen molar-refractivity contribution in [3.05, 3.63) is 90.0 Å². The van der Waals surface area contributed by atoms with Crippen LogP contribution in [0.4, 0.5) is 11.4 Å². The van der Waals surface area contributed by atoms with Gasteiger partial charge in [-0.15, -0.1) is 0 Å². The van der Waals surface area contributed by atoms with Crippen LogP contribution >= 0.6 is 0 Å². The van der Waals surface area contributed by atoms with E-state index in [1.54, 1.807) is 65.6 Å². The topological polar surface area (TPSA) is 72.6 Å². The summed E-state index contributed by atoms with van der Waals surface area (Å²) in [5, 5.41) is 0.